The van der Waals surface area contributed by atoms with E-state index >= 15 is 0 Å². The van der Waals surface area contributed by atoms with Crippen molar-refractivity contribution < 1.29 is 0 Å². The zero-order valence-electron chi connectivity index (χ0n) is 24.1. The van der Waals surface area contributed by atoms with E-state index in [4.69, 9.17) is 4.98 Å². The molecule has 0 amide bonds. The predicted molar refractivity (Wildman–Crippen MR) is 189 cm³/mol. The Hall–Kier alpha value is -5.78. The number of aromatic nitrogens is 4. The molecular formula is C40H24N4S. The zero-order chi connectivity index (χ0) is 29.5. The molecule has 210 valence electrons. The fraction of sp³-hybridized carbons (Fsp3) is 0. The van der Waals surface area contributed by atoms with Crippen molar-refractivity contribution >= 4 is 75.3 Å². The fourth-order valence-corrected chi connectivity index (χ4v) is 8.40. The second-order valence-corrected chi connectivity index (χ2v) is 12.5. The lowest BCUT2D eigenvalue weighted by molar-refractivity contribution is 1.18. The summed E-state index contributed by atoms with van der Waals surface area (Å²) < 4.78 is 7.23. The third kappa shape index (κ3) is 3.41. The van der Waals surface area contributed by atoms with E-state index in [1.54, 1.807) is 17.7 Å². The second-order valence-electron chi connectivity index (χ2n) is 11.4. The van der Waals surface area contributed by atoms with Crippen LogP contribution in [-0.2, 0) is 0 Å². The molecule has 0 aliphatic carbocycles. The standard InChI is InChI=1S/C40H24N4S/c1-3-11-25(12-4-1)26-19-21-28(22-20-26)44-31-17-9-7-15-29(31)34-38-35(40-36(39(34)44)37-33(45-40)23-41-24-42-37)30-16-8-10-18-32(30)43(38)27-13-5-2-6-14-27/h1-24H. The van der Waals surface area contributed by atoms with Crippen LogP contribution in [0.1, 0.15) is 0 Å². The van der Waals surface area contributed by atoms with Crippen LogP contribution in [0.15, 0.2) is 146 Å². The molecule has 6 aromatic carbocycles. The van der Waals surface area contributed by atoms with Crippen molar-refractivity contribution in [3.63, 3.8) is 0 Å². The molecule has 10 rings (SSSR count). The molecule has 10 aromatic rings. The van der Waals surface area contributed by atoms with Gasteiger partial charge in [0.05, 0.1) is 32.3 Å². The van der Waals surface area contributed by atoms with Crippen LogP contribution in [0.3, 0.4) is 0 Å². The summed E-state index contributed by atoms with van der Waals surface area (Å²) in [4.78, 5) is 9.34. The molecule has 45 heavy (non-hydrogen) atoms. The number of thiophene rings is 1. The number of para-hydroxylation sites is 3. The molecule has 0 bridgehead atoms. The summed E-state index contributed by atoms with van der Waals surface area (Å²) in [6.07, 6.45) is 3.64. The van der Waals surface area contributed by atoms with E-state index in [0.717, 1.165) is 21.6 Å². The smallest absolute Gasteiger partial charge is 0.116 e. The molecule has 4 aromatic heterocycles. The molecule has 0 fully saturated rings. The summed E-state index contributed by atoms with van der Waals surface area (Å²) in [5.74, 6) is 0. The summed E-state index contributed by atoms with van der Waals surface area (Å²) in [5.41, 5.74) is 10.4. The van der Waals surface area contributed by atoms with E-state index in [-0.39, 0.29) is 0 Å². The Morgan fingerprint density at radius 2 is 1.04 bits per heavy atom. The maximum atomic E-state index is 4.91. The van der Waals surface area contributed by atoms with Gasteiger partial charge in [0.1, 0.15) is 6.33 Å². The van der Waals surface area contributed by atoms with Gasteiger partial charge in [-0.2, -0.15) is 0 Å². The van der Waals surface area contributed by atoms with E-state index in [1.165, 1.54) is 64.8 Å². The van der Waals surface area contributed by atoms with E-state index in [0.29, 0.717) is 0 Å². The lowest BCUT2D eigenvalue weighted by atomic mass is 10.0. The first-order valence-electron chi connectivity index (χ1n) is 15.1. The van der Waals surface area contributed by atoms with Gasteiger partial charge in [-0.05, 0) is 47.5 Å². The van der Waals surface area contributed by atoms with Crippen molar-refractivity contribution in [2.45, 2.75) is 0 Å². The first-order valence-corrected chi connectivity index (χ1v) is 15.9. The molecule has 0 atom stereocenters. The number of rotatable bonds is 3. The normalized spacial score (nSPS) is 12.0. The molecule has 5 heteroatoms. The van der Waals surface area contributed by atoms with Crippen LogP contribution in [0, 0.1) is 0 Å². The number of benzene rings is 6. The highest BCUT2D eigenvalue weighted by Gasteiger charge is 2.27. The molecule has 0 aliphatic rings. The van der Waals surface area contributed by atoms with Crippen LogP contribution < -0.4 is 0 Å². The summed E-state index contributed by atoms with van der Waals surface area (Å²) in [6, 6.07) is 47.9. The van der Waals surface area contributed by atoms with Gasteiger partial charge >= 0.3 is 0 Å². The van der Waals surface area contributed by atoms with Crippen molar-refractivity contribution in [1.82, 2.24) is 19.1 Å². The van der Waals surface area contributed by atoms with Crippen LogP contribution in [0.25, 0.3) is 86.4 Å². The maximum absolute atomic E-state index is 4.91. The largest absolute Gasteiger partial charge is 0.308 e. The molecule has 0 saturated carbocycles. The Balaban J connectivity index is 1.46. The molecule has 0 saturated heterocycles. The minimum absolute atomic E-state index is 0.999. The SMILES string of the molecule is c1ccc(-c2ccc(-n3c4ccccc4c4c5c(c6ccccc6n5-c5ccccc5)c5sc6cncnc6c5c43)cc2)cc1. The third-order valence-corrected chi connectivity index (χ3v) is 10.2. The molecular weight excluding hydrogens is 569 g/mol. The van der Waals surface area contributed by atoms with Crippen LogP contribution >= 0.6 is 11.3 Å². The van der Waals surface area contributed by atoms with Gasteiger partial charge < -0.3 is 9.13 Å². The van der Waals surface area contributed by atoms with E-state index in [1.807, 2.05) is 6.20 Å². The van der Waals surface area contributed by atoms with Gasteiger partial charge in [-0.3, -0.25) is 0 Å². The summed E-state index contributed by atoms with van der Waals surface area (Å²) in [5, 5.41) is 6.15. The van der Waals surface area contributed by atoms with Gasteiger partial charge in [-0.15, -0.1) is 11.3 Å². The van der Waals surface area contributed by atoms with Crippen LogP contribution in [0.5, 0.6) is 0 Å². The highest BCUT2D eigenvalue weighted by atomic mass is 32.1. The van der Waals surface area contributed by atoms with E-state index < -0.39 is 0 Å². The van der Waals surface area contributed by atoms with Crippen molar-refractivity contribution in [3.05, 3.63) is 146 Å². The van der Waals surface area contributed by atoms with Gasteiger partial charge in [-0.1, -0.05) is 97.1 Å². The minimum Gasteiger partial charge on any atom is -0.308 e. The van der Waals surface area contributed by atoms with Gasteiger partial charge in [0, 0.05) is 49.2 Å². The highest BCUT2D eigenvalue weighted by molar-refractivity contribution is 7.27. The molecule has 4 nitrogen and oxygen atoms in total. The van der Waals surface area contributed by atoms with Gasteiger partial charge in [-0.25, -0.2) is 9.97 Å². The first-order chi connectivity index (χ1) is 22.4. The van der Waals surface area contributed by atoms with E-state index in [9.17, 15) is 0 Å². The molecule has 0 spiro atoms. The molecule has 0 radical (unpaired) electrons. The van der Waals surface area contributed by atoms with Crippen LogP contribution in [0.2, 0.25) is 0 Å². The minimum atomic E-state index is 0.999. The van der Waals surface area contributed by atoms with Crippen LogP contribution in [-0.4, -0.2) is 19.1 Å². The second kappa shape index (κ2) is 9.36. The summed E-state index contributed by atoms with van der Waals surface area (Å²) >= 11 is 1.79. The van der Waals surface area contributed by atoms with Gasteiger partial charge in [0.15, 0.2) is 0 Å². The molecule has 0 aliphatic heterocycles. The van der Waals surface area contributed by atoms with Gasteiger partial charge in [0.25, 0.3) is 0 Å². The monoisotopic (exact) mass is 592 g/mol. The lowest BCUT2D eigenvalue weighted by Crippen LogP contribution is -1.96. The zero-order valence-corrected chi connectivity index (χ0v) is 24.9. The van der Waals surface area contributed by atoms with E-state index in [2.05, 4.69) is 148 Å². The summed E-state index contributed by atoms with van der Waals surface area (Å²) in [6.45, 7) is 0. The Morgan fingerprint density at radius 1 is 0.489 bits per heavy atom. The van der Waals surface area contributed by atoms with Crippen molar-refractivity contribution in [1.29, 1.82) is 0 Å². The number of hydrogen-bond donors (Lipinski definition) is 0. The lowest BCUT2D eigenvalue weighted by Gasteiger charge is -2.12. The maximum Gasteiger partial charge on any atom is 0.116 e. The highest BCUT2D eigenvalue weighted by Crippen LogP contribution is 2.50. The fourth-order valence-electron chi connectivity index (χ4n) is 7.21. The average molecular weight is 593 g/mol. The summed E-state index contributed by atoms with van der Waals surface area (Å²) in [7, 11) is 0. The number of nitrogens with zero attached hydrogens (tertiary/aromatic N) is 4. The van der Waals surface area contributed by atoms with Gasteiger partial charge in [0.2, 0.25) is 0 Å². The number of hydrogen-bond acceptors (Lipinski definition) is 3. The quantitative estimate of drug-likeness (QED) is 0.205. The molecule has 0 unspecified atom stereocenters. The molecule has 4 heterocycles. The van der Waals surface area contributed by atoms with Crippen molar-refractivity contribution in [3.8, 4) is 22.5 Å². The Morgan fingerprint density at radius 3 is 1.76 bits per heavy atom. The Labute approximate surface area is 262 Å². The van der Waals surface area contributed by atoms with Crippen molar-refractivity contribution in [2.75, 3.05) is 0 Å². The van der Waals surface area contributed by atoms with Crippen molar-refractivity contribution in [2.24, 2.45) is 0 Å². The average Bonchev–Trinajstić information content (AvgIpc) is 3.77. The number of fused-ring (bicyclic) bond motifs is 12. The predicted octanol–water partition coefficient (Wildman–Crippen LogP) is 10.7. The first kappa shape index (κ1) is 24.6. The Kier molecular flexibility index (Phi) is 5.12. The topological polar surface area (TPSA) is 35.6 Å². The molecule has 0 N–H and O–H groups in total. The third-order valence-electron chi connectivity index (χ3n) is 9.05. The Bertz CT molecular complexity index is 2730. The van der Waals surface area contributed by atoms with Crippen LogP contribution in [0.4, 0.5) is 0 Å².